The van der Waals surface area contributed by atoms with Crippen molar-refractivity contribution >= 4 is 40.1 Å². The van der Waals surface area contributed by atoms with Crippen LogP contribution in [0, 0.1) is 13.8 Å². The summed E-state index contributed by atoms with van der Waals surface area (Å²) in [6.45, 7) is 5.89. The topological polar surface area (TPSA) is 76.0 Å². The number of para-hydroxylation sites is 2. The van der Waals surface area contributed by atoms with Gasteiger partial charge in [0.1, 0.15) is 12.4 Å². The van der Waals surface area contributed by atoms with Crippen molar-refractivity contribution in [1.29, 1.82) is 0 Å². The Hall–Kier alpha value is -3.64. The van der Waals surface area contributed by atoms with Crippen molar-refractivity contribution in [1.82, 2.24) is 14.9 Å². The molecule has 1 heterocycles. The van der Waals surface area contributed by atoms with Crippen molar-refractivity contribution in [3.63, 3.8) is 0 Å². The summed E-state index contributed by atoms with van der Waals surface area (Å²) in [6, 6.07) is 20.0. The third kappa shape index (κ3) is 5.07. The summed E-state index contributed by atoms with van der Waals surface area (Å²) < 4.78 is 1.84. The van der Waals surface area contributed by atoms with Crippen molar-refractivity contribution < 1.29 is 9.59 Å². The second kappa shape index (κ2) is 9.46. The fourth-order valence-electron chi connectivity index (χ4n) is 3.97. The SMILES string of the molecule is Cc1cc(C)cc(NC(=O)Cn2c(C(C)NC(=O)c3ccccc3Cl)nc3ccccc32)c1. The van der Waals surface area contributed by atoms with Gasteiger partial charge in [-0.05, 0) is 68.3 Å². The monoisotopic (exact) mass is 460 g/mol. The molecule has 0 spiro atoms. The van der Waals surface area contributed by atoms with Crippen molar-refractivity contribution in [2.45, 2.75) is 33.4 Å². The van der Waals surface area contributed by atoms with E-state index >= 15 is 0 Å². The summed E-state index contributed by atoms with van der Waals surface area (Å²) in [5.41, 5.74) is 4.88. The molecular weight excluding hydrogens is 436 g/mol. The highest BCUT2D eigenvalue weighted by molar-refractivity contribution is 6.33. The third-order valence-electron chi connectivity index (χ3n) is 5.34. The van der Waals surface area contributed by atoms with Crippen LogP contribution in [0.5, 0.6) is 0 Å². The fraction of sp³-hybridized carbons (Fsp3) is 0.192. The van der Waals surface area contributed by atoms with Gasteiger partial charge in [-0.2, -0.15) is 0 Å². The number of nitrogens with one attached hydrogen (secondary N) is 2. The summed E-state index contributed by atoms with van der Waals surface area (Å²) in [5.74, 6) is 0.118. The fourth-order valence-corrected chi connectivity index (χ4v) is 4.19. The van der Waals surface area contributed by atoms with Crippen LogP contribution in [0.2, 0.25) is 5.02 Å². The molecular formula is C26H25ClN4O2. The number of rotatable bonds is 6. The molecule has 168 valence electrons. The van der Waals surface area contributed by atoms with Crippen LogP contribution >= 0.6 is 11.6 Å². The van der Waals surface area contributed by atoms with Gasteiger partial charge in [0.2, 0.25) is 5.91 Å². The zero-order valence-corrected chi connectivity index (χ0v) is 19.5. The normalized spacial score (nSPS) is 11.9. The van der Waals surface area contributed by atoms with Crippen molar-refractivity contribution in [3.05, 3.63) is 94.3 Å². The zero-order chi connectivity index (χ0) is 23.5. The van der Waals surface area contributed by atoms with Crippen molar-refractivity contribution in [3.8, 4) is 0 Å². The predicted octanol–water partition coefficient (Wildman–Crippen LogP) is 5.44. The Morgan fingerprint density at radius 2 is 1.67 bits per heavy atom. The Bertz CT molecular complexity index is 1330. The van der Waals surface area contributed by atoms with Gasteiger partial charge < -0.3 is 15.2 Å². The number of aryl methyl sites for hydroxylation is 2. The number of carbonyl (C=O) groups excluding carboxylic acids is 2. The average molecular weight is 461 g/mol. The molecule has 1 unspecified atom stereocenters. The molecule has 1 atom stereocenters. The van der Waals surface area contributed by atoms with Gasteiger partial charge in [-0.3, -0.25) is 9.59 Å². The Labute approximate surface area is 197 Å². The maximum absolute atomic E-state index is 12.9. The first kappa shape index (κ1) is 22.6. The lowest BCUT2D eigenvalue weighted by atomic mass is 10.1. The standard InChI is InChI=1S/C26H25ClN4O2/c1-16-12-17(2)14-19(13-16)29-24(32)15-31-23-11-7-6-10-22(23)30-25(31)18(3)28-26(33)20-8-4-5-9-21(20)27/h4-14,18H,15H2,1-3H3,(H,28,33)(H,29,32). The van der Waals surface area contributed by atoms with E-state index in [1.54, 1.807) is 24.3 Å². The predicted molar refractivity (Wildman–Crippen MR) is 132 cm³/mol. The van der Waals surface area contributed by atoms with Gasteiger partial charge in [0.05, 0.1) is 27.7 Å². The van der Waals surface area contributed by atoms with Gasteiger partial charge in [-0.15, -0.1) is 0 Å². The van der Waals surface area contributed by atoms with Crippen LogP contribution in [0.15, 0.2) is 66.7 Å². The number of halogens is 1. The number of nitrogens with zero attached hydrogens (tertiary/aromatic N) is 2. The summed E-state index contributed by atoms with van der Waals surface area (Å²) >= 11 is 6.18. The van der Waals surface area contributed by atoms with Gasteiger partial charge >= 0.3 is 0 Å². The largest absolute Gasteiger partial charge is 0.342 e. The van der Waals surface area contributed by atoms with E-state index in [1.807, 2.05) is 61.7 Å². The lowest BCUT2D eigenvalue weighted by molar-refractivity contribution is -0.116. The lowest BCUT2D eigenvalue weighted by Crippen LogP contribution is -2.30. The van der Waals surface area contributed by atoms with Gasteiger partial charge in [-0.25, -0.2) is 4.98 Å². The van der Waals surface area contributed by atoms with Crippen LogP contribution in [0.3, 0.4) is 0 Å². The lowest BCUT2D eigenvalue weighted by Gasteiger charge is -2.17. The maximum atomic E-state index is 12.9. The van der Waals surface area contributed by atoms with E-state index in [0.717, 1.165) is 27.8 Å². The minimum Gasteiger partial charge on any atom is -0.342 e. The molecule has 1 aromatic heterocycles. The minimum absolute atomic E-state index is 0.0646. The zero-order valence-electron chi connectivity index (χ0n) is 18.7. The van der Waals surface area contributed by atoms with Crippen LogP contribution in [0.1, 0.15) is 40.3 Å². The number of imidazole rings is 1. The molecule has 4 rings (SSSR count). The summed E-state index contributed by atoms with van der Waals surface area (Å²) in [5, 5.41) is 6.31. The van der Waals surface area contributed by atoms with Crippen LogP contribution < -0.4 is 10.6 Å². The van der Waals surface area contributed by atoms with Gasteiger partial charge in [-0.1, -0.05) is 41.9 Å². The highest BCUT2D eigenvalue weighted by atomic mass is 35.5. The molecule has 7 heteroatoms. The second-order valence-electron chi connectivity index (χ2n) is 8.14. The Morgan fingerprint density at radius 1 is 1.00 bits per heavy atom. The molecule has 0 saturated carbocycles. The molecule has 0 fully saturated rings. The molecule has 6 nitrogen and oxygen atoms in total. The first-order chi connectivity index (χ1) is 15.8. The minimum atomic E-state index is -0.449. The summed E-state index contributed by atoms with van der Waals surface area (Å²) in [6.07, 6.45) is 0. The molecule has 4 aromatic rings. The first-order valence-corrected chi connectivity index (χ1v) is 11.1. The van der Waals surface area contributed by atoms with E-state index in [1.165, 1.54) is 0 Å². The Balaban J connectivity index is 1.60. The highest BCUT2D eigenvalue weighted by Gasteiger charge is 2.21. The highest BCUT2D eigenvalue weighted by Crippen LogP contribution is 2.23. The molecule has 33 heavy (non-hydrogen) atoms. The molecule has 0 bridgehead atoms. The number of hydrogen-bond donors (Lipinski definition) is 2. The summed E-state index contributed by atoms with van der Waals surface area (Å²) in [7, 11) is 0. The third-order valence-corrected chi connectivity index (χ3v) is 5.67. The number of benzene rings is 3. The quantitative estimate of drug-likeness (QED) is 0.402. The van der Waals surface area contributed by atoms with E-state index < -0.39 is 6.04 Å². The average Bonchev–Trinajstić information content (AvgIpc) is 3.11. The Kier molecular flexibility index (Phi) is 6.47. The summed E-state index contributed by atoms with van der Waals surface area (Å²) in [4.78, 5) is 30.4. The van der Waals surface area contributed by atoms with Crippen LogP contribution in [0.25, 0.3) is 11.0 Å². The molecule has 0 radical (unpaired) electrons. The molecule has 0 aliphatic rings. The van der Waals surface area contributed by atoms with E-state index in [0.29, 0.717) is 16.4 Å². The van der Waals surface area contributed by atoms with E-state index in [2.05, 4.69) is 16.7 Å². The van der Waals surface area contributed by atoms with E-state index in [4.69, 9.17) is 16.6 Å². The van der Waals surface area contributed by atoms with Crippen molar-refractivity contribution in [2.75, 3.05) is 5.32 Å². The van der Waals surface area contributed by atoms with Crippen molar-refractivity contribution in [2.24, 2.45) is 0 Å². The number of aromatic nitrogens is 2. The van der Waals surface area contributed by atoms with Crippen LogP contribution in [0.4, 0.5) is 5.69 Å². The molecule has 3 aromatic carbocycles. The molecule has 2 amide bonds. The Morgan fingerprint density at radius 3 is 2.39 bits per heavy atom. The molecule has 0 saturated heterocycles. The molecule has 0 aliphatic carbocycles. The van der Waals surface area contributed by atoms with Gasteiger partial charge in [0, 0.05) is 5.69 Å². The van der Waals surface area contributed by atoms with Crippen LogP contribution in [-0.4, -0.2) is 21.4 Å². The maximum Gasteiger partial charge on any atom is 0.253 e. The molecule has 2 N–H and O–H groups in total. The number of anilines is 1. The van der Waals surface area contributed by atoms with Crippen LogP contribution in [-0.2, 0) is 11.3 Å². The number of fused-ring (bicyclic) bond motifs is 1. The molecule has 0 aliphatic heterocycles. The van der Waals surface area contributed by atoms with E-state index in [-0.39, 0.29) is 18.4 Å². The number of hydrogen-bond acceptors (Lipinski definition) is 3. The second-order valence-corrected chi connectivity index (χ2v) is 8.55. The number of amides is 2. The number of carbonyl (C=O) groups is 2. The van der Waals surface area contributed by atoms with Gasteiger partial charge in [0.25, 0.3) is 5.91 Å². The first-order valence-electron chi connectivity index (χ1n) is 10.7. The smallest absolute Gasteiger partial charge is 0.253 e. The van der Waals surface area contributed by atoms with E-state index in [9.17, 15) is 9.59 Å². The van der Waals surface area contributed by atoms with Gasteiger partial charge in [0.15, 0.2) is 0 Å².